The highest BCUT2D eigenvalue weighted by Gasteiger charge is 2.22. The van der Waals surface area contributed by atoms with E-state index in [0.717, 1.165) is 38.4 Å². The topological polar surface area (TPSA) is 66.3 Å². The number of aliphatic hydroxyl groups excluding tert-OH is 1. The fraction of sp³-hybridized carbons (Fsp3) is 0.923. The first kappa shape index (κ1) is 19.9. The molecule has 0 aromatic rings. The third-order valence-electron chi connectivity index (χ3n) is 2.94. The number of likely N-dealkylation sites (tertiary alicyclic amines) is 1. The molecule has 1 aliphatic heterocycles. The molecule has 0 aromatic carbocycles. The van der Waals surface area contributed by atoms with E-state index in [-0.39, 0.29) is 30.1 Å². The van der Waals surface area contributed by atoms with E-state index in [9.17, 15) is 5.11 Å². The van der Waals surface area contributed by atoms with Crippen LogP contribution in [0.4, 0.5) is 0 Å². The zero-order valence-corrected chi connectivity index (χ0v) is 14.8. The van der Waals surface area contributed by atoms with Gasteiger partial charge in [0.15, 0.2) is 5.96 Å². The highest BCUT2D eigenvalue weighted by Crippen LogP contribution is 2.08. The van der Waals surface area contributed by atoms with Crippen LogP contribution < -0.4 is 5.32 Å². The van der Waals surface area contributed by atoms with Gasteiger partial charge in [0.2, 0.25) is 0 Å². The van der Waals surface area contributed by atoms with E-state index in [1.165, 1.54) is 0 Å². The molecule has 0 aliphatic carbocycles. The molecular weight excluding hydrogens is 373 g/mol. The molecule has 0 aromatic heterocycles. The van der Waals surface area contributed by atoms with Crippen LogP contribution in [-0.2, 0) is 9.47 Å². The van der Waals surface area contributed by atoms with Crippen LogP contribution in [0.1, 0.15) is 19.8 Å². The zero-order chi connectivity index (χ0) is 13.9. The number of aliphatic hydroxyl groups is 1. The summed E-state index contributed by atoms with van der Waals surface area (Å²) >= 11 is 0. The minimum atomic E-state index is -0.221. The first-order chi connectivity index (χ1) is 9.27. The van der Waals surface area contributed by atoms with Gasteiger partial charge >= 0.3 is 0 Å². The van der Waals surface area contributed by atoms with Crippen molar-refractivity contribution >= 4 is 29.9 Å². The summed E-state index contributed by atoms with van der Waals surface area (Å²) in [5.41, 5.74) is 0. The van der Waals surface area contributed by atoms with Crippen LogP contribution in [0.5, 0.6) is 0 Å². The SMILES string of the molecule is CCNC(=NCCCOCCOC)N1CC[C@@H](O)C1.I. The van der Waals surface area contributed by atoms with E-state index < -0.39 is 0 Å². The van der Waals surface area contributed by atoms with E-state index in [4.69, 9.17) is 9.47 Å². The van der Waals surface area contributed by atoms with Gasteiger partial charge < -0.3 is 24.8 Å². The maximum atomic E-state index is 9.55. The van der Waals surface area contributed by atoms with Crippen molar-refractivity contribution in [3.8, 4) is 0 Å². The van der Waals surface area contributed by atoms with Crippen molar-refractivity contribution in [3.63, 3.8) is 0 Å². The Balaban J connectivity index is 0.00000361. The summed E-state index contributed by atoms with van der Waals surface area (Å²) in [6.45, 7) is 7.16. The summed E-state index contributed by atoms with van der Waals surface area (Å²) in [6, 6.07) is 0. The summed E-state index contributed by atoms with van der Waals surface area (Å²) in [5.74, 6) is 0.899. The molecule has 0 radical (unpaired) electrons. The molecule has 1 heterocycles. The number of guanidine groups is 1. The average Bonchev–Trinajstić information content (AvgIpc) is 2.83. The van der Waals surface area contributed by atoms with E-state index in [1.54, 1.807) is 7.11 Å². The second-order valence-corrected chi connectivity index (χ2v) is 4.58. The van der Waals surface area contributed by atoms with Crippen LogP contribution >= 0.6 is 24.0 Å². The molecule has 7 heteroatoms. The summed E-state index contributed by atoms with van der Waals surface area (Å²) in [7, 11) is 1.67. The number of nitrogens with one attached hydrogen (secondary N) is 1. The van der Waals surface area contributed by atoms with Crippen LogP contribution in [-0.4, -0.2) is 75.2 Å². The monoisotopic (exact) mass is 401 g/mol. The van der Waals surface area contributed by atoms with Crippen LogP contribution in [0.15, 0.2) is 4.99 Å². The number of halogens is 1. The molecule has 2 N–H and O–H groups in total. The Hall–Kier alpha value is -0.120. The molecule has 0 bridgehead atoms. The first-order valence-electron chi connectivity index (χ1n) is 7.06. The Morgan fingerprint density at radius 3 is 2.80 bits per heavy atom. The largest absolute Gasteiger partial charge is 0.391 e. The van der Waals surface area contributed by atoms with Crippen LogP contribution in [0.25, 0.3) is 0 Å². The highest BCUT2D eigenvalue weighted by atomic mass is 127. The number of hydrogen-bond donors (Lipinski definition) is 2. The molecule has 120 valence electrons. The third-order valence-corrected chi connectivity index (χ3v) is 2.94. The minimum absolute atomic E-state index is 0. The number of ether oxygens (including phenoxy) is 2. The Bertz CT molecular complexity index is 267. The molecule has 0 unspecified atom stereocenters. The quantitative estimate of drug-likeness (QED) is 0.271. The van der Waals surface area contributed by atoms with Crippen molar-refractivity contribution in [2.24, 2.45) is 4.99 Å². The smallest absolute Gasteiger partial charge is 0.194 e. The van der Waals surface area contributed by atoms with Crippen LogP contribution in [0.3, 0.4) is 0 Å². The lowest BCUT2D eigenvalue weighted by atomic mass is 10.3. The minimum Gasteiger partial charge on any atom is -0.391 e. The molecule has 1 aliphatic rings. The van der Waals surface area contributed by atoms with Crippen molar-refractivity contribution in [2.45, 2.75) is 25.9 Å². The fourth-order valence-corrected chi connectivity index (χ4v) is 1.96. The van der Waals surface area contributed by atoms with E-state index in [0.29, 0.717) is 26.4 Å². The molecule has 1 atom stereocenters. The summed E-state index contributed by atoms with van der Waals surface area (Å²) in [6.07, 6.45) is 1.50. The molecule has 20 heavy (non-hydrogen) atoms. The second kappa shape index (κ2) is 12.6. The van der Waals surface area contributed by atoms with Gasteiger partial charge in [0, 0.05) is 39.9 Å². The van der Waals surface area contributed by atoms with Gasteiger partial charge in [0.1, 0.15) is 0 Å². The molecule has 1 rings (SSSR count). The van der Waals surface area contributed by atoms with E-state index in [1.807, 2.05) is 0 Å². The number of β-amino-alcohol motifs (C(OH)–C–C–N with tert-alkyl or cyclic N) is 1. The van der Waals surface area contributed by atoms with Gasteiger partial charge in [-0.3, -0.25) is 4.99 Å². The first-order valence-corrected chi connectivity index (χ1v) is 7.06. The Labute approximate surface area is 138 Å². The number of rotatable bonds is 8. The Kier molecular flexibility index (Phi) is 12.5. The predicted octanol–water partition coefficient (Wildman–Crippen LogP) is 0.690. The average molecular weight is 401 g/mol. The molecule has 0 spiro atoms. The molecule has 0 saturated carbocycles. The van der Waals surface area contributed by atoms with Crippen LogP contribution in [0.2, 0.25) is 0 Å². The van der Waals surface area contributed by atoms with Gasteiger partial charge in [0.25, 0.3) is 0 Å². The van der Waals surface area contributed by atoms with Gasteiger partial charge in [-0.05, 0) is 19.8 Å². The van der Waals surface area contributed by atoms with Gasteiger partial charge in [-0.15, -0.1) is 24.0 Å². The summed E-state index contributed by atoms with van der Waals surface area (Å²) in [4.78, 5) is 6.67. The summed E-state index contributed by atoms with van der Waals surface area (Å²) in [5, 5.41) is 12.8. The fourth-order valence-electron chi connectivity index (χ4n) is 1.96. The number of aliphatic imine (C=N–C) groups is 1. The van der Waals surface area contributed by atoms with Gasteiger partial charge in [-0.25, -0.2) is 0 Å². The third kappa shape index (κ3) is 8.23. The number of nitrogens with zero attached hydrogens (tertiary/aromatic N) is 2. The van der Waals surface area contributed by atoms with Crippen LogP contribution in [0, 0.1) is 0 Å². The molecule has 1 saturated heterocycles. The maximum absolute atomic E-state index is 9.55. The van der Waals surface area contributed by atoms with Gasteiger partial charge in [0.05, 0.1) is 19.3 Å². The standard InChI is InChI=1S/C13H27N3O3.HI/c1-3-14-13(16-7-5-12(17)11-16)15-6-4-8-19-10-9-18-2;/h12,17H,3-11H2,1-2H3,(H,14,15);1H/t12-;/m1./s1. The summed E-state index contributed by atoms with van der Waals surface area (Å²) < 4.78 is 10.3. The number of hydrogen-bond acceptors (Lipinski definition) is 4. The predicted molar refractivity (Wildman–Crippen MR) is 90.9 cm³/mol. The zero-order valence-electron chi connectivity index (χ0n) is 12.5. The molecule has 6 nitrogen and oxygen atoms in total. The van der Waals surface area contributed by atoms with Gasteiger partial charge in [-0.2, -0.15) is 0 Å². The lowest BCUT2D eigenvalue weighted by molar-refractivity contribution is 0.0702. The van der Waals surface area contributed by atoms with Crippen molar-refractivity contribution in [3.05, 3.63) is 0 Å². The second-order valence-electron chi connectivity index (χ2n) is 4.58. The van der Waals surface area contributed by atoms with E-state index >= 15 is 0 Å². The Morgan fingerprint density at radius 1 is 1.40 bits per heavy atom. The van der Waals surface area contributed by atoms with Crippen molar-refractivity contribution < 1.29 is 14.6 Å². The lowest BCUT2D eigenvalue weighted by Crippen LogP contribution is -2.40. The maximum Gasteiger partial charge on any atom is 0.194 e. The number of methoxy groups -OCH3 is 1. The van der Waals surface area contributed by atoms with Crippen molar-refractivity contribution in [1.29, 1.82) is 0 Å². The molecule has 1 fully saturated rings. The molecular formula is C13H28IN3O3. The van der Waals surface area contributed by atoms with Gasteiger partial charge in [-0.1, -0.05) is 0 Å². The lowest BCUT2D eigenvalue weighted by Gasteiger charge is -2.20. The normalized spacial score (nSPS) is 19.1. The highest BCUT2D eigenvalue weighted by molar-refractivity contribution is 14.0. The Morgan fingerprint density at radius 2 is 2.20 bits per heavy atom. The van der Waals surface area contributed by atoms with Crippen molar-refractivity contribution in [2.75, 3.05) is 53.1 Å². The van der Waals surface area contributed by atoms with Crippen molar-refractivity contribution in [1.82, 2.24) is 10.2 Å². The van der Waals surface area contributed by atoms with E-state index in [2.05, 4.69) is 22.1 Å². The molecule has 0 amide bonds.